The number of aliphatic hydroxyl groups excluding tert-OH is 1. The van der Waals surface area contributed by atoms with Crippen LogP contribution in [-0.4, -0.2) is 41.0 Å². The van der Waals surface area contributed by atoms with Crippen molar-refractivity contribution in [1.29, 1.82) is 0 Å². The average molecular weight is 416 g/mol. The molecule has 8 nitrogen and oxygen atoms in total. The maximum absolute atomic E-state index is 12.9. The molecule has 0 radical (unpaired) electrons. The lowest BCUT2D eigenvalue weighted by Gasteiger charge is -2.11. The van der Waals surface area contributed by atoms with E-state index < -0.39 is 17.4 Å². The highest BCUT2D eigenvalue weighted by Gasteiger charge is 2.32. The second-order valence-corrected chi connectivity index (χ2v) is 6.55. The van der Waals surface area contributed by atoms with Gasteiger partial charge in [0.25, 0.3) is 5.56 Å². The summed E-state index contributed by atoms with van der Waals surface area (Å²) in [5, 5.41) is 13.5. The van der Waals surface area contributed by atoms with Crippen LogP contribution in [0, 0.1) is 0 Å². The molecule has 0 bridgehead atoms. The van der Waals surface area contributed by atoms with E-state index in [1.165, 1.54) is 23.0 Å². The van der Waals surface area contributed by atoms with Gasteiger partial charge in [-0.3, -0.25) is 19.0 Å². The number of hydrogen-bond donors (Lipinski definition) is 1. The topological polar surface area (TPSA) is 98.7 Å². The fourth-order valence-corrected chi connectivity index (χ4v) is 3.04. The molecule has 0 atom stereocenters. The van der Waals surface area contributed by atoms with E-state index in [0.29, 0.717) is 22.3 Å². The molecule has 4 aromatic rings. The van der Waals surface area contributed by atoms with Crippen LogP contribution in [0.1, 0.15) is 5.69 Å². The van der Waals surface area contributed by atoms with Gasteiger partial charge in [0.1, 0.15) is 16.9 Å². The van der Waals surface area contributed by atoms with E-state index in [4.69, 9.17) is 5.11 Å². The highest BCUT2D eigenvalue weighted by atomic mass is 19.4. The third kappa shape index (κ3) is 3.54. The van der Waals surface area contributed by atoms with Gasteiger partial charge < -0.3 is 5.11 Å². The minimum Gasteiger partial charge on any atom is -0.395 e. The first kappa shape index (κ1) is 19.7. The third-order valence-corrected chi connectivity index (χ3v) is 4.48. The molecule has 1 N–H and O–H groups in total. The molecule has 0 aliphatic carbocycles. The molecule has 30 heavy (non-hydrogen) atoms. The number of aromatic nitrogens is 6. The maximum Gasteiger partial charge on any atom is 0.433 e. The summed E-state index contributed by atoms with van der Waals surface area (Å²) >= 11 is 0. The lowest BCUT2D eigenvalue weighted by atomic mass is 10.1. The molecule has 0 aromatic carbocycles. The van der Waals surface area contributed by atoms with Gasteiger partial charge in [-0.25, -0.2) is 9.97 Å². The SMILES string of the molecule is Cn1cc(-c2nc(-c3ccc(C(F)(F)F)nc3)cc3c(=O)n(CCO)cnc23)cn1. The van der Waals surface area contributed by atoms with Crippen molar-refractivity contribution in [2.75, 3.05) is 6.61 Å². The summed E-state index contributed by atoms with van der Waals surface area (Å²) in [6.45, 7) is -0.188. The number of fused-ring (bicyclic) bond motifs is 1. The second kappa shape index (κ2) is 7.34. The predicted molar refractivity (Wildman–Crippen MR) is 101 cm³/mol. The fraction of sp³-hybridized carbons (Fsp3) is 0.211. The zero-order valence-electron chi connectivity index (χ0n) is 15.6. The molecule has 0 unspecified atom stereocenters. The molecule has 154 valence electrons. The number of rotatable bonds is 4. The van der Waals surface area contributed by atoms with Crippen molar-refractivity contribution in [2.45, 2.75) is 12.7 Å². The Bertz CT molecular complexity index is 1280. The largest absolute Gasteiger partial charge is 0.433 e. The van der Waals surface area contributed by atoms with Gasteiger partial charge in [0.05, 0.1) is 36.8 Å². The van der Waals surface area contributed by atoms with Crippen molar-refractivity contribution in [3.63, 3.8) is 0 Å². The highest BCUT2D eigenvalue weighted by Crippen LogP contribution is 2.31. The van der Waals surface area contributed by atoms with Crippen molar-refractivity contribution in [2.24, 2.45) is 7.05 Å². The quantitative estimate of drug-likeness (QED) is 0.548. The van der Waals surface area contributed by atoms with E-state index in [1.54, 1.807) is 24.1 Å². The Morgan fingerprint density at radius 2 is 1.93 bits per heavy atom. The van der Waals surface area contributed by atoms with E-state index in [2.05, 4.69) is 20.1 Å². The molecule has 0 aliphatic heterocycles. The highest BCUT2D eigenvalue weighted by molar-refractivity contribution is 5.93. The van der Waals surface area contributed by atoms with Crippen molar-refractivity contribution >= 4 is 10.9 Å². The molecule has 4 heterocycles. The lowest BCUT2D eigenvalue weighted by Crippen LogP contribution is -2.22. The molecule has 11 heteroatoms. The number of nitrogens with zero attached hydrogens (tertiary/aromatic N) is 6. The minimum atomic E-state index is -4.56. The molecule has 0 amide bonds. The Balaban J connectivity index is 1.96. The summed E-state index contributed by atoms with van der Waals surface area (Å²) in [5.74, 6) is 0. The van der Waals surface area contributed by atoms with Crippen LogP contribution in [0.5, 0.6) is 0 Å². The van der Waals surface area contributed by atoms with Gasteiger partial charge >= 0.3 is 6.18 Å². The normalized spacial score (nSPS) is 11.9. The van der Waals surface area contributed by atoms with Crippen LogP contribution in [-0.2, 0) is 19.8 Å². The molecule has 4 rings (SSSR count). The monoisotopic (exact) mass is 416 g/mol. The molecule has 0 aliphatic rings. The third-order valence-electron chi connectivity index (χ3n) is 4.48. The van der Waals surface area contributed by atoms with Crippen molar-refractivity contribution in [1.82, 2.24) is 29.3 Å². The fourth-order valence-electron chi connectivity index (χ4n) is 3.04. The van der Waals surface area contributed by atoms with Crippen molar-refractivity contribution in [3.05, 3.63) is 59.2 Å². The van der Waals surface area contributed by atoms with Crippen LogP contribution >= 0.6 is 0 Å². The van der Waals surface area contributed by atoms with Crippen LogP contribution < -0.4 is 5.56 Å². The van der Waals surface area contributed by atoms with Crippen LogP contribution in [0.3, 0.4) is 0 Å². The summed E-state index contributed by atoms with van der Waals surface area (Å²) in [5.41, 5.74) is 0.440. The summed E-state index contributed by atoms with van der Waals surface area (Å²) in [7, 11) is 1.72. The van der Waals surface area contributed by atoms with Crippen LogP contribution in [0.4, 0.5) is 13.2 Å². The first-order valence-electron chi connectivity index (χ1n) is 8.81. The van der Waals surface area contributed by atoms with Gasteiger partial charge in [-0.05, 0) is 18.2 Å². The van der Waals surface area contributed by atoms with E-state index >= 15 is 0 Å². The van der Waals surface area contributed by atoms with E-state index in [1.807, 2.05) is 0 Å². The molecule has 0 spiro atoms. The first-order chi connectivity index (χ1) is 14.3. The van der Waals surface area contributed by atoms with Crippen LogP contribution in [0.15, 0.2) is 47.9 Å². The van der Waals surface area contributed by atoms with Gasteiger partial charge in [0.2, 0.25) is 0 Å². The number of aliphatic hydroxyl groups is 1. The Hall–Kier alpha value is -3.60. The molecular formula is C19H15F3N6O2. The van der Waals surface area contributed by atoms with E-state index in [-0.39, 0.29) is 24.2 Å². The standard InChI is InChI=1S/C19H15F3N6O2/c1-27-9-12(8-25-27)16-17-13(18(30)28(4-5-29)10-24-17)6-14(26-16)11-2-3-15(23-7-11)19(20,21)22/h2-3,6-10,29H,4-5H2,1H3. The predicted octanol–water partition coefficient (Wildman–Crippen LogP) is 2.27. The molecule has 0 saturated carbocycles. The Morgan fingerprint density at radius 1 is 1.13 bits per heavy atom. The van der Waals surface area contributed by atoms with Crippen LogP contribution in [0.2, 0.25) is 0 Å². The zero-order chi connectivity index (χ0) is 21.5. The summed E-state index contributed by atoms with van der Waals surface area (Å²) < 4.78 is 41.3. The van der Waals surface area contributed by atoms with Gasteiger partial charge in [-0.1, -0.05) is 0 Å². The number of halogens is 3. The Kier molecular flexibility index (Phi) is 4.82. The van der Waals surface area contributed by atoms with Gasteiger partial charge in [0.15, 0.2) is 0 Å². The molecular weight excluding hydrogens is 401 g/mol. The molecule has 0 fully saturated rings. The Morgan fingerprint density at radius 3 is 2.53 bits per heavy atom. The second-order valence-electron chi connectivity index (χ2n) is 6.55. The summed E-state index contributed by atoms with van der Waals surface area (Å²) in [6, 6.07) is 3.57. The lowest BCUT2D eigenvalue weighted by molar-refractivity contribution is -0.141. The number of aryl methyl sites for hydroxylation is 1. The first-order valence-corrected chi connectivity index (χ1v) is 8.81. The van der Waals surface area contributed by atoms with Crippen molar-refractivity contribution < 1.29 is 18.3 Å². The Labute approximate surface area is 167 Å². The van der Waals surface area contributed by atoms with E-state index in [0.717, 1.165) is 12.3 Å². The van der Waals surface area contributed by atoms with Gasteiger partial charge in [-0.15, -0.1) is 0 Å². The maximum atomic E-state index is 12.9. The molecule has 0 saturated heterocycles. The van der Waals surface area contributed by atoms with Gasteiger partial charge in [-0.2, -0.15) is 18.3 Å². The number of alkyl halides is 3. The summed E-state index contributed by atoms with van der Waals surface area (Å²) in [6.07, 6.45) is 1.07. The smallest absolute Gasteiger partial charge is 0.395 e. The minimum absolute atomic E-state index is 0.0590. The van der Waals surface area contributed by atoms with Gasteiger partial charge in [0, 0.05) is 30.6 Å². The van der Waals surface area contributed by atoms with E-state index in [9.17, 15) is 18.0 Å². The summed E-state index contributed by atoms with van der Waals surface area (Å²) in [4.78, 5) is 25.2. The average Bonchev–Trinajstić information content (AvgIpc) is 3.15. The number of hydrogen-bond acceptors (Lipinski definition) is 6. The zero-order valence-corrected chi connectivity index (χ0v) is 15.6. The number of pyridine rings is 2. The van der Waals surface area contributed by atoms with Crippen LogP contribution in [0.25, 0.3) is 33.4 Å². The van der Waals surface area contributed by atoms with Crippen molar-refractivity contribution in [3.8, 4) is 22.5 Å². The molecule has 4 aromatic heterocycles.